The number of esters is 1. The number of benzene rings is 3. The predicted octanol–water partition coefficient (Wildman–Crippen LogP) is 5.22. The summed E-state index contributed by atoms with van der Waals surface area (Å²) in [5.41, 5.74) is 5.05. The first kappa shape index (κ1) is 33.3. The molecule has 0 atom stereocenters. The molecule has 1 heterocycles. The Labute approximate surface area is 267 Å². The Balaban J connectivity index is 1.17. The number of aryl methyl sites for hydroxylation is 1. The van der Waals surface area contributed by atoms with Crippen molar-refractivity contribution >= 4 is 32.9 Å². The molecule has 5 rings (SSSR count). The normalized spacial score (nSPS) is 13.2. The number of carbonyl (C=O) groups is 2. The van der Waals surface area contributed by atoms with E-state index in [2.05, 4.69) is 10.0 Å². The molecule has 1 fully saturated rings. The number of hydrogen-bond acceptors (Lipinski definition) is 8. The molecule has 2 N–H and O–H groups in total. The van der Waals surface area contributed by atoms with Crippen molar-refractivity contribution in [3.63, 3.8) is 0 Å². The number of sulfonamides is 1. The summed E-state index contributed by atoms with van der Waals surface area (Å²) in [6.07, 6.45) is 1.86. The van der Waals surface area contributed by atoms with Gasteiger partial charge in [-0.25, -0.2) is 22.3 Å². The van der Waals surface area contributed by atoms with Crippen molar-refractivity contribution in [2.75, 3.05) is 40.5 Å². The first-order valence-corrected chi connectivity index (χ1v) is 16.6. The number of hydrogen-bond donors (Lipinski definition) is 2. The second-order valence-corrected chi connectivity index (χ2v) is 13.0. The van der Waals surface area contributed by atoms with Crippen LogP contribution < -0.4 is 10.0 Å². The first-order valence-electron chi connectivity index (χ1n) is 15.0. The number of halogens is 1. The van der Waals surface area contributed by atoms with E-state index in [0.717, 1.165) is 29.5 Å². The van der Waals surface area contributed by atoms with Gasteiger partial charge in [-0.15, -0.1) is 0 Å². The number of carbonyl (C=O) groups excluding carboxylic acids is 2. The van der Waals surface area contributed by atoms with E-state index in [-0.39, 0.29) is 37.3 Å². The van der Waals surface area contributed by atoms with Crippen LogP contribution in [0, 0.1) is 12.7 Å². The van der Waals surface area contributed by atoms with Gasteiger partial charge in [0.05, 0.1) is 50.4 Å². The van der Waals surface area contributed by atoms with E-state index in [0.29, 0.717) is 52.2 Å². The standard InChI is InChI=1S/C34H37FN2O8S/c1-21-16-24(34(39)42-3)6-7-25(21)19-44-15-14-43-13-12-37-46(40,41)20-26-17-30-29(18-28(26)22-4-5-22)31(33(38)36-2)32(45-30)23-8-10-27(35)11-9-23/h6-11,16-18,22,37H,4-5,12-15,19-20H2,1-3H3,(H,36,38). The summed E-state index contributed by atoms with van der Waals surface area (Å²) in [6.45, 7) is 3.10. The summed E-state index contributed by atoms with van der Waals surface area (Å²) in [5.74, 6) is -0.914. The average molecular weight is 653 g/mol. The van der Waals surface area contributed by atoms with Gasteiger partial charge in [-0.3, -0.25) is 4.79 Å². The Morgan fingerprint density at radius 2 is 1.72 bits per heavy atom. The van der Waals surface area contributed by atoms with Gasteiger partial charge < -0.3 is 23.9 Å². The monoisotopic (exact) mass is 652 g/mol. The van der Waals surface area contributed by atoms with Crippen molar-refractivity contribution in [2.24, 2.45) is 0 Å². The Hall–Kier alpha value is -4.10. The topological polar surface area (TPSA) is 133 Å². The van der Waals surface area contributed by atoms with E-state index in [1.807, 2.05) is 19.1 Å². The van der Waals surface area contributed by atoms with Crippen LogP contribution in [0.15, 0.2) is 59.0 Å². The molecule has 0 unspecified atom stereocenters. The fourth-order valence-corrected chi connectivity index (χ4v) is 6.44. The minimum Gasteiger partial charge on any atom is -0.465 e. The molecule has 4 aromatic rings. The van der Waals surface area contributed by atoms with Crippen LogP contribution in [0.25, 0.3) is 22.3 Å². The molecular formula is C34H37FN2O8S. The Kier molecular flexibility index (Phi) is 10.5. The number of ether oxygens (including phenoxy) is 3. The smallest absolute Gasteiger partial charge is 0.337 e. The van der Waals surface area contributed by atoms with E-state index < -0.39 is 21.8 Å². The Bertz CT molecular complexity index is 1830. The molecule has 10 nitrogen and oxygen atoms in total. The van der Waals surface area contributed by atoms with Gasteiger partial charge >= 0.3 is 5.97 Å². The van der Waals surface area contributed by atoms with Crippen LogP contribution in [0.2, 0.25) is 0 Å². The number of furan rings is 1. The van der Waals surface area contributed by atoms with Gasteiger partial charge in [0.25, 0.3) is 5.91 Å². The van der Waals surface area contributed by atoms with Crippen LogP contribution in [0.4, 0.5) is 4.39 Å². The quantitative estimate of drug-likeness (QED) is 0.132. The molecule has 12 heteroatoms. The van der Waals surface area contributed by atoms with Crippen molar-refractivity contribution in [1.82, 2.24) is 10.0 Å². The van der Waals surface area contributed by atoms with E-state index in [1.54, 1.807) is 18.2 Å². The summed E-state index contributed by atoms with van der Waals surface area (Å²) >= 11 is 0. The third kappa shape index (κ3) is 8.00. The molecule has 0 spiro atoms. The second kappa shape index (κ2) is 14.5. The van der Waals surface area contributed by atoms with Gasteiger partial charge in [0.15, 0.2) is 0 Å². The van der Waals surface area contributed by atoms with E-state index in [4.69, 9.17) is 18.6 Å². The second-order valence-electron chi connectivity index (χ2n) is 11.2. The molecule has 1 aliphatic carbocycles. The molecule has 0 aliphatic heterocycles. The maximum Gasteiger partial charge on any atom is 0.337 e. The number of amides is 1. The highest BCUT2D eigenvalue weighted by Gasteiger charge is 2.31. The molecule has 1 aromatic heterocycles. The fourth-order valence-electron chi connectivity index (χ4n) is 5.29. The largest absolute Gasteiger partial charge is 0.465 e. The molecule has 1 amide bonds. The van der Waals surface area contributed by atoms with Crippen molar-refractivity contribution in [3.8, 4) is 11.3 Å². The number of methoxy groups -OCH3 is 1. The van der Waals surface area contributed by atoms with Crippen LogP contribution >= 0.6 is 0 Å². The molecule has 1 aliphatic rings. The van der Waals surface area contributed by atoms with Crippen molar-refractivity contribution in [3.05, 3.63) is 93.8 Å². The molecule has 0 saturated heterocycles. The van der Waals surface area contributed by atoms with Crippen molar-refractivity contribution < 1.29 is 41.0 Å². The average Bonchev–Trinajstić information content (AvgIpc) is 3.82. The van der Waals surface area contributed by atoms with Crippen LogP contribution in [-0.4, -0.2) is 60.8 Å². The first-order chi connectivity index (χ1) is 22.1. The molecule has 46 heavy (non-hydrogen) atoms. The van der Waals surface area contributed by atoms with E-state index in [1.165, 1.54) is 38.4 Å². The summed E-state index contributed by atoms with van der Waals surface area (Å²) in [5, 5.41) is 3.23. The highest BCUT2D eigenvalue weighted by atomic mass is 32.2. The van der Waals surface area contributed by atoms with Crippen LogP contribution in [0.1, 0.15) is 61.7 Å². The van der Waals surface area contributed by atoms with Crippen molar-refractivity contribution in [2.45, 2.75) is 38.0 Å². The SMILES string of the molecule is CNC(=O)c1c(-c2ccc(F)cc2)oc2cc(CS(=O)(=O)NCCOCCOCc3ccc(C(=O)OC)cc3C)c(C3CC3)cc12. The van der Waals surface area contributed by atoms with Gasteiger partial charge in [-0.2, -0.15) is 0 Å². The highest BCUT2D eigenvalue weighted by Crippen LogP contribution is 2.45. The third-order valence-electron chi connectivity index (χ3n) is 7.83. The summed E-state index contributed by atoms with van der Waals surface area (Å²) in [6, 6.07) is 14.5. The maximum atomic E-state index is 13.6. The van der Waals surface area contributed by atoms with Crippen LogP contribution in [0.5, 0.6) is 0 Å². The lowest BCUT2D eigenvalue weighted by atomic mass is 9.98. The van der Waals surface area contributed by atoms with Crippen molar-refractivity contribution in [1.29, 1.82) is 0 Å². The van der Waals surface area contributed by atoms with Crippen LogP contribution in [-0.2, 0) is 36.6 Å². The lowest BCUT2D eigenvalue weighted by Gasteiger charge is -2.12. The minimum absolute atomic E-state index is 0.0910. The molecular weight excluding hydrogens is 615 g/mol. The highest BCUT2D eigenvalue weighted by molar-refractivity contribution is 7.88. The van der Waals surface area contributed by atoms with Gasteiger partial charge in [-0.1, -0.05) is 6.07 Å². The number of rotatable bonds is 15. The van der Waals surface area contributed by atoms with Gasteiger partial charge in [-0.05, 0) is 96.5 Å². The molecule has 0 bridgehead atoms. The van der Waals surface area contributed by atoms with Crippen LogP contribution in [0.3, 0.4) is 0 Å². The maximum absolute atomic E-state index is 13.6. The summed E-state index contributed by atoms with van der Waals surface area (Å²) < 4.78 is 64.4. The predicted molar refractivity (Wildman–Crippen MR) is 171 cm³/mol. The lowest BCUT2D eigenvalue weighted by Crippen LogP contribution is -2.29. The summed E-state index contributed by atoms with van der Waals surface area (Å²) in [7, 11) is -0.857. The zero-order chi connectivity index (χ0) is 32.8. The number of nitrogens with one attached hydrogen (secondary N) is 2. The van der Waals surface area contributed by atoms with E-state index in [9.17, 15) is 22.4 Å². The Morgan fingerprint density at radius 3 is 2.39 bits per heavy atom. The zero-order valence-corrected chi connectivity index (χ0v) is 26.8. The van der Waals surface area contributed by atoms with Gasteiger partial charge in [0, 0.05) is 24.5 Å². The van der Waals surface area contributed by atoms with Gasteiger partial charge in [0.2, 0.25) is 10.0 Å². The molecule has 3 aromatic carbocycles. The minimum atomic E-state index is -3.72. The lowest BCUT2D eigenvalue weighted by molar-refractivity contribution is 0.0425. The third-order valence-corrected chi connectivity index (χ3v) is 9.17. The molecule has 244 valence electrons. The molecule has 0 radical (unpaired) electrons. The fraction of sp³-hybridized carbons (Fsp3) is 0.353. The molecule has 1 saturated carbocycles. The zero-order valence-electron chi connectivity index (χ0n) is 26.0. The number of fused-ring (bicyclic) bond motifs is 1. The van der Waals surface area contributed by atoms with E-state index >= 15 is 0 Å². The van der Waals surface area contributed by atoms with Gasteiger partial charge in [0.1, 0.15) is 17.2 Å². The Morgan fingerprint density at radius 1 is 0.978 bits per heavy atom. The summed E-state index contributed by atoms with van der Waals surface area (Å²) in [4.78, 5) is 24.6.